The van der Waals surface area contributed by atoms with Crippen LogP contribution in [0, 0.1) is 0 Å². The van der Waals surface area contributed by atoms with Crippen LogP contribution in [0.5, 0.6) is 5.75 Å². The van der Waals surface area contributed by atoms with E-state index in [0.717, 1.165) is 24.4 Å². The van der Waals surface area contributed by atoms with Gasteiger partial charge in [-0.2, -0.15) is 0 Å². The summed E-state index contributed by atoms with van der Waals surface area (Å²) in [5.41, 5.74) is 3.71. The van der Waals surface area contributed by atoms with Gasteiger partial charge >= 0.3 is 0 Å². The van der Waals surface area contributed by atoms with Crippen molar-refractivity contribution in [2.45, 2.75) is 13.0 Å². The van der Waals surface area contributed by atoms with E-state index in [-0.39, 0.29) is 0 Å². The smallest absolute Gasteiger partial charge is 0.119 e. The van der Waals surface area contributed by atoms with Crippen LogP contribution in [0.4, 0.5) is 5.69 Å². The molecule has 0 aliphatic carbocycles. The lowest BCUT2D eigenvalue weighted by molar-refractivity contribution is 0.415. The standard InChI is InChI=1S/C17H19NO/c1-3-6-14-7-4-5-8-15(14)13-18-16-9-11-17(19-2)12-10-16/h3-5,7-12,18H,1,6,13H2,2H3. The number of hydrogen-bond donors (Lipinski definition) is 1. The summed E-state index contributed by atoms with van der Waals surface area (Å²) in [7, 11) is 1.67. The van der Waals surface area contributed by atoms with Crippen LogP contribution >= 0.6 is 0 Å². The third-order valence-electron chi connectivity index (χ3n) is 3.06. The summed E-state index contributed by atoms with van der Waals surface area (Å²) in [6.07, 6.45) is 2.84. The zero-order valence-corrected chi connectivity index (χ0v) is 11.2. The van der Waals surface area contributed by atoms with Crippen molar-refractivity contribution < 1.29 is 4.74 Å². The Morgan fingerprint density at radius 2 is 1.74 bits per heavy atom. The molecule has 19 heavy (non-hydrogen) atoms. The number of methoxy groups -OCH3 is 1. The Labute approximate surface area is 114 Å². The maximum Gasteiger partial charge on any atom is 0.119 e. The normalized spacial score (nSPS) is 9.95. The van der Waals surface area contributed by atoms with Gasteiger partial charge in [-0.05, 0) is 41.8 Å². The van der Waals surface area contributed by atoms with Gasteiger partial charge in [-0.3, -0.25) is 0 Å². The van der Waals surface area contributed by atoms with Crippen molar-refractivity contribution in [3.8, 4) is 5.75 Å². The van der Waals surface area contributed by atoms with Crippen LogP contribution in [0.15, 0.2) is 61.2 Å². The summed E-state index contributed by atoms with van der Waals surface area (Å²) in [5.74, 6) is 0.873. The minimum atomic E-state index is 0.816. The van der Waals surface area contributed by atoms with Gasteiger partial charge in [-0.1, -0.05) is 30.3 Å². The van der Waals surface area contributed by atoms with Crippen LogP contribution in [0.2, 0.25) is 0 Å². The van der Waals surface area contributed by atoms with Crippen molar-refractivity contribution in [2.75, 3.05) is 12.4 Å². The second-order valence-electron chi connectivity index (χ2n) is 4.34. The van der Waals surface area contributed by atoms with Gasteiger partial charge in [0.15, 0.2) is 0 Å². The molecule has 2 nitrogen and oxygen atoms in total. The third kappa shape index (κ3) is 3.62. The van der Waals surface area contributed by atoms with Gasteiger partial charge in [0.1, 0.15) is 5.75 Å². The van der Waals surface area contributed by atoms with Gasteiger partial charge in [0.05, 0.1) is 7.11 Å². The predicted molar refractivity (Wildman–Crippen MR) is 80.7 cm³/mol. The van der Waals surface area contributed by atoms with Crippen LogP contribution in [0.25, 0.3) is 0 Å². The van der Waals surface area contributed by atoms with Crippen LogP contribution in [-0.4, -0.2) is 7.11 Å². The van der Waals surface area contributed by atoms with Crippen LogP contribution in [-0.2, 0) is 13.0 Å². The highest BCUT2D eigenvalue weighted by Crippen LogP contribution is 2.17. The molecule has 0 bridgehead atoms. The first-order valence-corrected chi connectivity index (χ1v) is 6.39. The van der Waals surface area contributed by atoms with E-state index in [1.54, 1.807) is 7.11 Å². The van der Waals surface area contributed by atoms with Crippen molar-refractivity contribution in [3.05, 3.63) is 72.3 Å². The summed E-state index contributed by atoms with van der Waals surface area (Å²) in [5, 5.41) is 3.42. The minimum absolute atomic E-state index is 0.816. The molecule has 0 amide bonds. The van der Waals surface area contributed by atoms with E-state index in [1.165, 1.54) is 11.1 Å². The first-order valence-electron chi connectivity index (χ1n) is 6.39. The molecule has 0 saturated carbocycles. The molecule has 0 saturated heterocycles. The summed E-state index contributed by atoms with van der Waals surface area (Å²) in [6.45, 7) is 4.62. The highest BCUT2D eigenvalue weighted by Gasteiger charge is 2.00. The number of ether oxygens (including phenoxy) is 1. The van der Waals surface area contributed by atoms with Crippen molar-refractivity contribution in [3.63, 3.8) is 0 Å². The number of benzene rings is 2. The summed E-state index contributed by atoms with van der Waals surface area (Å²) in [6, 6.07) is 16.4. The first-order chi connectivity index (χ1) is 9.33. The Morgan fingerprint density at radius 3 is 2.37 bits per heavy atom. The number of allylic oxidation sites excluding steroid dienone is 1. The molecule has 0 fully saturated rings. The molecule has 1 N–H and O–H groups in total. The Balaban J connectivity index is 2.03. The molecule has 0 atom stereocenters. The predicted octanol–water partition coefficient (Wildman–Crippen LogP) is 4.04. The SMILES string of the molecule is C=CCc1ccccc1CNc1ccc(OC)cc1. The fourth-order valence-corrected chi connectivity index (χ4v) is 1.99. The second kappa shape index (κ2) is 6.64. The largest absolute Gasteiger partial charge is 0.497 e. The van der Waals surface area contributed by atoms with Crippen molar-refractivity contribution >= 4 is 5.69 Å². The first kappa shape index (κ1) is 13.2. The average Bonchev–Trinajstić information content (AvgIpc) is 2.47. The molecular weight excluding hydrogens is 234 g/mol. The van der Waals surface area contributed by atoms with Crippen LogP contribution < -0.4 is 10.1 Å². The van der Waals surface area contributed by atoms with Gasteiger partial charge in [-0.15, -0.1) is 6.58 Å². The van der Waals surface area contributed by atoms with Gasteiger partial charge in [-0.25, -0.2) is 0 Å². The number of rotatable bonds is 6. The average molecular weight is 253 g/mol. The van der Waals surface area contributed by atoms with E-state index in [4.69, 9.17) is 4.74 Å². The van der Waals surface area contributed by atoms with Gasteiger partial charge in [0, 0.05) is 12.2 Å². The van der Waals surface area contributed by atoms with E-state index >= 15 is 0 Å². The van der Waals surface area contributed by atoms with Gasteiger partial charge < -0.3 is 10.1 Å². The summed E-state index contributed by atoms with van der Waals surface area (Å²) >= 11 is 0. The lowest BCUT2D eigenvalue weighted by Crippen LogP contribution is -2.02. The summed E-state index contributed by atoms with van der Waals surface area (Å²) < 4.78 is 5.14. The highest BCUT2D eigenvalue weighted by molar-refractivity contribution is 5.47. The fraction of sp³-hybridized carbons (Fsp3) is 0.176. The summed E-state index contributed by atoms with van der Waals surface area (Å²) in [4.78, 5) is 0. The molecule has 98 valence electrons. The zero-order valence-electron chi connectivity index (χ0n) is 11.2. The Hall–Kier alpha value is -2.22. The molecule has 0 aliphatic rings. The zero-order chi connectivity index (χ0) is 13.5. The topological polar surface area (TPSA) is 21.3 Å². The molecule has 2 aromatic rings. The Kier molecular flexibility index (Phi) is 4.62. The van der Waals surface area contributed by atoms with Crippen molar-refractivity contribution in [1.29, 1.82) is 0 Å². The second-order valence-corrected chi connectivity index (χ2v) is 4.34. The van der Waals surface area contributed by atoms with Crippen molar-refractivity contribution in [2.24, 2.45) is 0 Å². The quantitative estimate of drug-likeness (QED) is 0.785. The van der Waals surface area contributed by atoms with Crippen molar-refractivity contribution in [1.82, 2.24) is 0 Å². The minimum Gasteiger partial charge on any atom is -0.497 e. The van der Waals surface area contributed by atoms with Gasteiger partial charge in [0.2, 0.25) is 0 Å². The van der Waals surface area contributed by atoms with E-state index < -0.39 is 0 Å². The number of anilines is 1. The maximum absolute atomic E-state index is 5.14. The Morgan fingerprint density at radius 1 is 1.05 bits per heavy atom. The lowest BCUT2D eigenvalue weighted by Gasteiger charge is -2.10. The molecule has 0 spiro atoms. The highest BCUT2D eigenvalue weighted by atomic mass is 16.5. The molecule has 0 aliphatic heterocycles. The van der Waals surface area contributed by atoms with Crippen LogP contribution in [0.3, 0.4) is 0 Å². The maximum atomic E-state index is 5.14. The molecule has 2 heteroatoms. The van der Waals surface area contributed by atoms with Gasteiger partial charge in [0.25, 0.3) is 0 Å². The van der Waals surface area contributed by atoms with Crippen LogP contribution in [0.1, 0.15) is 11.1 Å². The number of hydrogen-bond acceptors (Lipinski definition) is 2. The number of nitrogens with one attached hydrogen (secondary N) is 1. The molecule has 0 unspecified atom stereocenters. The lowest BCUT2D eigenvalue weighted by atomic mass is 10.0. The molecule has 0 aromatic heterocycles. The van der Waals surface area contributed by atoms with E-state index in [0.29, 0.717) is 0 Å². The molecule has 0 radical (unpaired) electrons. The molecule has 2 rings (SSSR count). The fourth-order valence-electron chi connectivity index (χ4n) is 1.99. The molecular formula is C17H19NO. The van der Waals surface area contributed by atoms with E-state index in [9.17, 15) is 0 Å². The molecule has 2 aromatic carbocycles. The Bertz CT molecular complexity index is 531. The third-order valence-corrected chi connectivity index (χ3v) is 3.06. The van der Waals surface area contributed by atoms with E-state index in [2.05, 4.69) is 36.2 Å². The molecule has 0 heterocycles. The van der Waals surface area contributed by atoms with E-state index in [1.807, 2.05) is 30.3 Å². The monoisotopic (exact) mass is 253 g/mol.